The lowest BCUT2D eigenvalue weighted by Gasteiger charge is -2.05. The molecular formula is C10H17NO2. The standard InChI is InChI=1S/C10H17NO2/c1-7(4-9(12)13)6-11-8-5-10(8,2)3/h4,8,11H,5-6H2,1-3H3,(H,12,13). The third-order valence-corrected chi connectivity index (χ3v) is 2.51. The molecule has 0 aromatic heterocycles. The monoisotopic (exact) mass is 183 g/mol. The fraction of sp³-hybridized carbons (Fsp3) is 0.700. The summed E-state index contributed by atoms with van der Waals surface area (Å²) >= 11 is 0. The number of carboxylic acids is 1. The number of nitrogens with one attached hydrogen (secondary N) is 1. The van der Waals surface area contributed by atoms with E-state index in [1.165, 1.54) is 12.5 Å². The predicted molar refractivity (Wildman–Crippen MR) is 51.6 cm³/mol. The smallest absolute Gasteiger partial charge is 0.328 e. The van der Waals surface area contributed by atoms with Crippen molar-refractivity contribution in [3.8, 4) is 0 Å². The van der Waals surface area contributed by atoms with Crippen LogP contribution in [0.2, 0.25) is 0 Å². The first kappa shape index (κ1) is 10.3. The van der Waals surface area contributed by atoms with Gasteiger partial charge in [-0.3, -0.25) is 0 Å². The lowest BCUT2D eigenvalue weighted by atomic mass is 10.2. The molecule has 1 atom stereocenters. The zero-order valence-electron chi connectivity index (χ0n) is 8.42. The van der Waals surface area contributed by atoms with Crippen LogP contribution in [0, 0.1) is 5.41 Å². The molecule has 1 aliphatic rings. The Labute approximate surface area is 78.8 Å². The highest BCUT2D eigenvalue weighted by Gasteiger charge is 2.44. The van der Waals surface area contributed by atoms with Crippen molar-refractivity contribution >= 4 is 5.97 Å². The van der Waals surface area contributed by atoms with E-state index in [4.69, 9.17) is 5.11 Å². The van der Waals surface area contributed by atoms with Crippen molar-refractivity contribution in [1.29, 1.82) is 0 Å². The van der Waals surface area contributed by atoms with Crippen LogP contribution >= 0.6 is 0 Å². The second-order valence-electron chi connectivity index (χ2n) is 4.46. The minimum Gasteiger partial charge on any atom is -0.478 e. The summed E-state index contributed by atoms with van der Waals surface area (Å²) in [6.45, 7) is 6.93. The first-order chi connectivity index (χ1) is 5.92. The van der Waals surface area contributed by atoms with Gasteiger partial charge < -0.3 is 10.4 Å². The third-order valence-electron chi connectivity index (χ3n) is 2.51. The van der Waals surface area contributed by atoms with E-state index < -0.39 is 5.97 Å². The Morgan fingerprint density at radius 1 is 1.69 bits per heavy atom. The lowest BCUT2D eigenvalue weighted by molar-refractivity contribution is -0.131. The lowest BCUT2D eigenvalue weighted by Crippen LogP contribution is -2.22. The number of hydrogen-bond acceptors (Lipinski definition) is 2. The number of rotatable bonds is 4. The van der Waals surface area contributed by atoms with Crippen LogP contribution in [-0.2, 0) is 4.79 Å². The molecule has 0 heterocycles. The third kappa shape index (κ3) is 3.19. The first-order valence-corrected chi connectivity index (χ1v) is 4.55. The van der Waals surface area contributed by atoms with E-state index in [1.807, 2.05) is 6.92 Å². The quantitative estimate of drug-likeness (QED) is 0.648. The minimum absolute atomic E-state index is 0.406. The van der Waals surface area contributed by atoms with Gasteiger partial charge in [0.15, 0.2) is 0 Å². The van der Waals surface area contributed by atoms with Gasteiger partial charge >= 0.3 is 5.97 Å². The molecular weight excluding hydrogens is 166 g/mol. The average Bonchev–Trinajstić information content (AvgIpc) is 2.53. The van der Waals surface area contributed by atoms with Crippen molar-refractivity contribution in [2.24, 2.45) is 5.41 Å². The summed E-state index contributed by atoms with van der Waals surface area (Å²) in [5.74, 6) is -0.866. The summed E-state index contributed by atoms with van der Waals surface area (Å²) in [4.78, 5) is 10.3. The van der Waals surface area contributed by atoms with E-state index in [-0.39, 0.29) is 0 Å². The topological polar surface area (TPSA) is 49.3 Å². The van der Waals surface area contributed by atoms with Crippen LogP contribution in [0.3, 0.4) is 0 Å². The molecule has 3 nitrogen and oxygen atoms in total. The number of hydrogen-bond donors (Lipinski definition) is 2. The molecule has 1 fully saturated rings. The fourth-order valence-electron chi connectivity index (χ4n) is 1.36. The van der Waals surface area contributed by atoms with E-state index in [1.54, 1.807) is 0 Å². The maximum absolute atomic E-state index is 10.3. The van der Waals surface area contributed by atoms with Gasteiger partial charge in [0.25, 0.3) is 0 Å². The molecule has 0 saturated heterocycles. The summed E-state index contributed by atoms with van der Waals surface area (Å²) in [5.41, 5.74) is 1.28. The Morgan fingerprint density at radius 2 is 2.23 bits per heavy atom. The van der Waals surface area contributed by atoms with Gasteiger partial charge in [-0.1, -0.05) is 19.4 Å². The van der Waals surface area contributed by atoms with Crippen LogP contribution in [0.5, 0.6) is 0 Å². The number of aliphatic carboxylic acids is 1. The van der Waals surface area contributed by atoms with Gasteiger partial charge in [-0.2, -0.15) is 0 Å². The molecule has 0 bridgehead atoms. The number of carbonyl (C=O) groups is 1. The highest BCUT2D eigenvalue weighted by atomic mass is 16.4. The molecule has 0 amide bonds. The highest BCUT2D eigenvalue weighted by molar-refractivity contribution is 5.80. The van der Waals surface area contributed by atoms with Crippen LogP contribution in [0.1, 0.15) is 27.2 Å². The van der Waals surface area contributed by atoms with E-state index in [0.717, 1.165) is 5.57 Å². The first-order valence-electron chi connectivity index (χ1n) is 4.55. The Kier molecular flexibility index (Phi) is 2.76. The van der Waals surface area contributed by atoms with Crippen LogP contribution in [0.25, 0.3) is 0 Å². The van der Waals surface area contributed by atoms with Crippen molar-refractivity contribution in [3.63, 3.8) is 0 Å². The molecule has 0 aromatic carbocycles. The van der Waals surface area contributed by atoms with E-state index in [2.05, 4.69) is 19.2 Å². The van der Waals surface area contributed by atoms with Gasteiger partial charge in [0.05, 0.1) is 0 Å². The highest BCUT2D eigenvalue weighted by Crippen LogP contribution is 2.44. The van der Waals surface area contributed by atoms with Gasteiger partial charge in [-0.05, 0) is 18.8 Å². The van der Waals surface area contributed by atoms with Crippen molar-refractivity contribution < 1.29 is 9.90 Å². The molecule has 2 N–H and O–H groups in total. The molecule has 1 aliphatic carbocycles. The summed E-state index contributed by atoms with van der Waals surface area (Å²) in [5, 5.41) is 11.8. The van der Waals surface area contributed by atoms with E-state index in [0.29, 0.717) is 18.0 Å². The Hall–Kier alpha value is -0.830. The molecule has 3 heteroatoms. The van der Waals surface area contributed by atoms with Crippen molar-refractivity contribution in [1.82, 2.24) is 5.32 Å². The zero-order chi connectivity index (χ0) is 10.1. The Morgan fingerprint density at radius 3 is 2.62 bits per heavy atom. The molecule has 13 heavy (non-hydrogen) atoms. The summed E-state index contributed by atoms with van der Waals surface area (Å²) in [6, 6.07) is 0.560. The number of carboxylic acid groups (broad SMARTS) is 1. The second kappa shape index (κ2) is 3.50. The molecule has 1 unspecified atom stereocenters. The van der Waals surface area contributed by atoms with Crippen LogP contribution in [0.15, 0.2) is 11.6 Å². The minimum atomic E-state index is -0.866. The van der Waals surface area contributed by atoms with E-state index in [9.17, 15) is 4.79 Å². The predicted octanol–water partition coefficient (Wildman–Crippen LogP) is 1.41. The molecule has 0 radical (unpaired) electrons. The maximum atomic E-state index is 10.3. The Balaban J connectivity index is 2.24. The second-order valence-corrected chi connectivity index (χ2v) is 4.46. The van der Waals surface area contributed by atoms with Gasteiger partial charge in [0, 0.05) is 18.7 Å². The Bertz CT molecular complexity index is 243. The molecule has 0 aliphatic heterocycles. The van der Waals surface area contributed by atoms with Crippen molar-refractivity contribution in [2.75, 3.05) is 6.54 Å². The van der Waals surface area contributed by atoms with Gasteiger partial charge in [0.2, 0.25) is 0 Å². The normalized spacial score (nSPS) is 25.8. The van der Waals surface area contributed by atoms with Gasteiger partial charge in [-0.25, -0.2) is 4.79 Å². The average molecular weight is 183 g/mol. The summed E-state index contributed by atoms with van der Waals surface area (Å²) < 4.78 is 0. The van der Waals surface area contributed by atoms with Crippen LogP contribution in [-0.4, -0.2) is 23.7 Å². The fourth-order valence-corrected chi connectivity index (χ4v) is 1.36. The van der Waals surface area contributed by atoms with Crippen LogP contribution in [0.4, 0.5) is 0 Å². The van der Waals surface area contributed by atoms with Crippen LogP contribution < -0.4 is 5.32 Å². The summed E-state index contributed by atoms with van der Waals surface area (Å²) in [7, 11) is 0. The van der Waals surface area contributed by atoms with Gasteiger partial charge in [-0.15, -0.1) is 0 Å². The van der Waals surface area contributed by atoms with Crippen molar-refractivity contribution in [3.05, 3.63) is 11.6 Å². The SMILES string of the molecule is CC(=CC(=O)O)CNC1CC1(C)C. The molecule has 1 rings (SSSR count). The summed E-state index contributed by atoms with van der Waals surface area (Å²) in [6.07, 6.45) is 2.44. The molecule has 0 aromatic rings. The largest absolute Gasteiger partial charge is 0.478 e. The van der Waals surface area contributed by atoms with Crippen molar-refractivity contribution in [2.45, 2.75) is 33.2 Å². The zero-order valence-corrected chi connectivity index (χ0v) is 8.42. The van der Waals surface area contributed by atoms with E-state index >= 15 is 0 Å². The molecule has 0 spiro atoms. The molecule has 1 saturated carbocycles. The molecule has 74 valence electrons. The van der Waals surface area contributed by atoms with Gasteiger partial charge in [0.1, 0.15) is 0 Å². The maximum Gasteiger partial charge on any atom is 0.328 e.